The van der Waals surface area contributed by atoms with E-state index < -0.39 is 46.8 Å². The lowest BCUT2D eigenvalue weighted by Crippen LogP contribution is -2.59. The number of carbonyl (C=O) groups excluding carboxylic acids is 4. The van der Waals surface area contributed by atoms with E-state index in [9.17, 15) is 24.3 Å². The summed E-state index contributed by atoms with van der Waals surface area (Å²) in [6.07, 6.45) is 3.51. The summed E-state index contributed by atoms with van der Waals surface area (Å²) >= 11 is 2.51. The minimum Gasteiger partial charge on any atom is -0.483 e. The van der Waals surface area contributed by atoms with Gasteiger partial charge in [-0.05, 0) is 51.1 Å². The molecule has 45 heavy (non-hydrogen) atoms. The lowest BCUT2D eigenvalue weighted by Gasteiger charge is -2.32. The van der Waals surface area contributed by atoms with Crippen molar-refractivity contribution >= 4 is 57.9 Å². The Balaban J connectivity index is 1.44. The smallest absolute Gasteiger partial charge is 0.259 e. The molecule has 3 aromatic rings. The molecule has 0 radical (unpaired) electrons. The van der Waals surface area contributed by atoms with Gasteiger partial charge in [0.2, 0.25) is 5.91 Å². The fourth-order valence-electron chi connectivity index (χ4n) is 4.82. The van der Waals surface area contributed by atoms with Gasteiger partial charge in [0.05, 0.1) is 11.9 Å². The Labute approximate surface area is 271 Å². The zero-order chi connectivity index (χ0) is 32.6. The highest BCUT2D eigenvalue weighted by Crippen LogP contribution is 2.25. The third-order valence-corrected chi connectivity index (χ3v) is 8.81. The third kappa shape index (κ3) is 9.35. The molecule has 11 nitrogen and oxygen atoms in total. The zero-order valence-corrected chi connectivity index (χ0v) is 27.3. The maximum absolute atomic E-state index is 13.6. The number of ether oxygens (including phenoxy) is 1. The van der Waals surface area contributed by atoms with Gasteiger partial charge in [-0.1, -0.05) is 42.5 Å². The van der Waals surface area contributed by atoms with Crippen molar-refractivity contribution in [1.82, 2.24) is 25.8 Å². The van der Waals surface area contributed by atoms with E-state index in [-0.39, 0.29) is 24.8 Å². The van der Waals surface area contributed by atoms with Gasteiger partial charge in [0.15, 0.2) is 18.1 Å². The van der Waals surface area contributed by atoms with Crippen LogP contribution >= 0.6 is 23.5 Å². The molecular weight excluding hydrogens is 615 g/mol. The first-order valence-electron chi connectivity index (χ1n) is 14.5. The first-order valence-corrected chi connectivity index (χ1v) is 16.9. The van der Waals surface area contributed by atoms with E-state index >= 15 is 0 Å². The minimum atomic E-state index is -1.64. The number of aliphatic hydroxyl groups is 1. The number of nitrogens with one attached hydrogen (secondary N) is 3. The van der Waals surface area contributed by atoms with E-state index in [0.29, 0.717) is 11.5 Å². The summed E-state index contributed by atoms with van der Waals surface area (Å²) in [6, 6.07) is 14.6. The first kappa shape index (κ1) is 34.1. The fourth-order valence-corrected chi connectivity index (χ4v) is 6.52. The summed E-state index contributed by atoms with van der Waals surface area (Å²) in [5.74, 6) is -0.918. The summed E-state index contributed by atoms with van der Waals surface area (Å²) in [6.45, 7) is 5.24. The molecule has 4 amide bonds. The van der Waals surface area contributed by atoms with Crippen molar-refractivity contribution in [3.05, 3.63) is 72.6 Å². The van der Waals surface area contributed by atoms with Crippen LogP contribution in [0.1, 0.15) is 26.3 Å². The maximum atomic E-state index is 13.6. The Morgan fingerprint density at radius 1 is 1.09 bits per heavy atom. The van der Waals surface area contributed by atoms with Gasteiger partial charge >= 0.3 is 0 Å². The second-order valence-corrected chi connectivity index (χ2v) is 13.6. The summed E-state index contributed by atoms with van der Waals surface area (Å²) in [7, 11) is 0. The summed E-state index contributed by atoms with van der Waals surface area (Å²) < 4.78 is 5.75. The van der Waals surface area contributed by atoms with Crippen LogP contribution in [0.5, 0.6) is 5.75 Å². The van der Waals surface area contributed by atoms with E-state index in [1.54, 1.807) is 36.8 Å². The van der Waals surface area contributed by atoms with Crippen LogP contribution in [0, 0.1) is 0 Å². The number of aliphatic hydroxyl groups excluding tert-OH is 1. The fraction of sp³-hybridized carbons (Fsp3) is 0.406. The van der Waals surface area contributed by atoms with E-state index in [1.165, 1.54) is 16.7 Å². The van der Waals surface area contributed by atoms with Crippen LogP contribution < -0.4 is 20.7 Å². The molecule has 1 saturated heterocycles. The highest BCUT2D eigenvalue weighted by Gasteiger charge is 2.41. The van der Waals surface area contributed by atoms with E-state index in [4.69, 9.17) is 4.74 Å². The van der Waals surface area contributed by atoms with Crippen LogP contribution in [-0.4, -0.2) is 92.2 Å². The number of benzene rings is 2. The predicted molar refractivity (Wildman–Crippen MR) is 177 cm³/mol. The molecule has 1 aromatic heterocycles. The molecule has 0 unspecified atom stereocenters. The first-order chi connectivity index (χ1) is 21.5. The van der Waals surface area contributed by atoms with Crippen molar-refractivity contribution in [2.24, 2.45) is 0 Å². The van der Waals surface area contributed by atoms with Gasteiger partial charge in [-0.25, -0.2) is 0 Å². The molecule has 4 atom stereocenters. The van der Waals surface area contributed by atoms with Gasteiger partial charge in [0.25, 0.3) is 17.7 Å². The van der Waals surface area contributed by atoms with Crippen LogP contribution in [0.3, 0.4) is 0 Å². The van der Waals surface area contributed by atoms with Crippen LogP contribution in [0.2, 0.25) is 0 Å². The van der Waals surface area contributed by atoms with Crippen molar-refractivity contribution in [2.45, 2.75) is 56.3 Å². The van der Waals surface area contributed by atoms with Gasteiger partial charge < -0.3 is 30.7 Å². The second kappa shape index (κ2) is 15.5. The predicted octanol–water partition coefficient (Wildman–Crippen LogP) is 2.32. The molecule has 0 saturated carbocycles. The van der Waals surface area contributed by atoms with Crippen LogP contribution in [0.25, 0.3) is 10.8 Å². The quantitative estimate of drug-likeness (QED) is 0.216. The monoisotopic (exact) mass is 653 g/mol. The largest absolute Gasteiger partial charge is 0.483 e. The Kier molecular flexibility index (Phi) is 11.7. The highest BCUT2D eigenvalue weighted by molar-refractivity contribution is 8.00. The number of fused-ring (bicyclic) bond motifs is 1. The Morgan fingerprint density at radius 3 is 2.56 bits per heavy atom. The van der Waals surface area contributed by atoms with E-state index in [2.05, 4.69) is 20.9 Å². The molecule has 1 aliphatic heterocycles. The maximum Gasteiger partial charge on any atom is 0.259 e. The van der Waals surface area contributed by atoms with Gasteiger partial charge in [0.1, 0.15) is 11.8 Å². The molecule has 4 rings (SSSR count). The SMILES string of the molecule is CS[C@H](NC(=O)COc1cccc2cnccc12)C(=O)N[C@@H](Cc1ccccc1)[C@H](O)C(=O)N1CSC[C@H]1C(=O)NC(C)(C)C. The molecule has 240 valence electrons. The number of carbonyl (C=O) groups is 4. The number of nitrogens with zero attached hydrogens (tertiary/aromatic N) is 2. The molecular formula is C32H39N5O6S2. The number of aromatic nitrogens is 1. The molecule has 1 aliphatic rings. The average Bonchev–Trinajstić information content (AvgIpc) is 3.51. The lowest BCUT2D eigenvalue weighted by molar-refractivity contribution is -0.147. The topological polar surface area (TPSA) is 150 Å². The van der Waals surface area contributed by atoms with Crippen molar-refractivity contribution in [3.8, 4) is 5.75 Å². The van der Waals surface area contributed by atoms with Gasteiger partial charge in [0, 0.05) is 34.5 Å². The average molecular weight is 654 g/mol. The molecule has 4 N–H and O–H groups in total. The molecule has 0 aliphatic carbocycles. The second-order valence-electron chi connectivity index (χ2n) is 11.6. The molecule has 13 heteroatoms. The number of pyridine rings is 1. The van der Waals surface area contributed by atoms with Gasteiger partial charge in [-0.15, -0.1) is 23.5 Å². The Hall–Kier alpha value is -3.81. The number of amides is 4. The van der Waals surface area contributed by atoms with Crippen molar-refractivity contribution in [1.29, 1.82) is 0 Å². The highest BCUT2D eigenvalue weighted by atomic mass is 32.2. The number of rotatable bonds is 12. The third-order valence-electron chi connectivity index (χ3n) is 6.99. The number of hydrogen-bond acceptors (Lipinski definition) is 9. The molecule has 2 aromatic carbocycles. The standard InChI is InChI=1S/C32H39N5O6S2/c1-32(2,3)36-28(40)24-18-45-19-37(24)31(42)27(39)23(15-20-9-6-5-7-10-20)34-29(41)30(44-4)35-26(38)17-43-25-12-8-11-21-16-33-14-13-22(21)25/h5-14,16,23-24,27,30,39H,15,17-19H2,1-4H3,(H,34,41)(H,35,38)(H,36,40)/t23-,24-,27-,30-/m0/s1. The molecule has 0 spiro atoms. The summed E-state index contributed by atoms with van der Waals surface area (Å²) in [4.78, 5) is 58.3. The van der Waals surface area contributed by atoms with Gasteiger partial charge in [-0.2, -0.15) is 0 Å². The van der Waals surface area contributed by atoms with E-state index in [0.717, 1.165) is 28.1 Å². The summed E-state index contributed by atoms with van der Waals surface area (Å²) in [5, 5.41) is 20.3. The Bertz CT molecular complexity index is 1500. The van der Waals surface area contributed by atoms with Crippen molar-refractivity contribution in [3.63, 3.8) is 0 Å². The van der Waals surface area contributed by atoms with Crippen LogP contribution in [-0.2, 0) is 25.6 Å². The zero-order valence-electron chi connectivity index (χ0n) is 25.7. The van der Waals surface area contributed by atoms with Crippen molar-refractivity contribution in [2.75, 3.05) is 24.5 Å². The van der Waals surface area contributed by atoms with Crippen LogP contribution in [0.4, 0.5) is 0 Å². The van der Waals surface area contributed by atoms with Gasteiger partial charge in [-0.3, -0.25) is 24.2 Å². The number of thioether (sulfide) groups is 2. The normalized spacial score (nSPS) is 16.8. The Morgan fingerprint density at radius 2 is 1.84 bits per heavy atom. The van der Waals surface area contributed by atoms with Crippen LogP contribution in [0.15, 0.2) is 67.0 Å². The lowest BCUT2D eigenvalue weighted by atomic mass is 9.99. The minimum absolute atomic E-state index is 0.146. The molecule has 2 heterocycles. The van der Waals surface area contributed by atoms with Crippen molar-refractivity contribution < 1.29 is 29.0 Å². The summed E-state index contributed by atoms with van der Waals surface area (Å²) in [5.41, 5.74) is 0.298. The molecule has 0 bridgehead atoms. The molecule has 1 fully saturated rings. The number of hydrogen-bond donors (Lipinski definition) is 4. The van der Waals surface area contributed by atoms with E-state index in [1.807, 2.05) is 57.2 Å².